The number of nitrogens with zero attached hydrogens (tertiary/aromatic N) is 1. The lowest BCUT2D eigenvalue weighted by Crippen LogP contribution is -1.91. The van der Waals surface area contributed by atoms with Crippen LogP contribution in [0.15, 0.2) is 60.7 Å². The number of hydrogen-bond donors (Lipinski definition) is 0. The fraction of sp³-hybridized carbons (Fsp3) is 0. The quantitative estimate of drug-likeness (QED) is 0.477. The highest BCUT2D eigenvalue weighted by atomic mass is 35.5. The van der Waals surface area contributed by atoms with Gasteiger partial charge in [-0.05, 0) is 11.6 Å². The van der Waals surface area contributed by atoms with Crippen molar-refractivity contribution in [3.63, 3.8) is 0 Å². The first kappa shape index (κ1) is 14.6. The van der Waals surface area contributed by atoms with Gasteiger partial charge in [-0.15, -0.1) is 0 Å². The van der Waals surface area contributed by atoms with Gasteiger partial charge in [-0.1, -0.05) is 60.7 Å². The Morgan fingerprint density at radius 3 is 1.58 bits per heavy atom. The van der Waals surface area contributed by atoms with E-state index in [0.717, 1.165) is 0 Å². The SMILES string of the molecule is N#CC(=O)c1ccccc1.O=C(Cl)c1ccccc1. The van der Waals surface area contributed by atoms with Crippen LogP contribution in [0, 0.1) is 11.3 Å². The van der Waals surface area contributed by atoms with Crippen molar-refractivity contribution in [2.45, 2.75) is 0 Å². The van der Waals surface area contributed by atoms with Gasteiger partial charge in [-0.3, -0.25) is 9.59 Å². The molecule has 4 heteroatoms. The molecule has 19 heavy (non-hydrogen) atoms. The Morgan fingerprint density at radius 1 is 0.842 bits per heavy atom. The highest BCUT2D eigenvalue weighted by Crippen LogP contribution is 2.01. The Kier molecular flexibility index (Phi) is 6.00. The maximum Gasteiger partial charge on any atom is 0.262 e. The van der Waals surface area contributed by atoms with Crippen LogP contribution in [0.3, 0.4) is 0 Å². The highest BCUT2D eigenvalue weighted by molar-refractivity contribution is 6.67. The Morgan fingerprint density at radius 2 is 1.26 bits per heavy atom. The minimum absolute atomic E-state index is 0.407. The summed E-state index contributed by atoms with van der Waals surface area (Å²) in [5.74, 6) is -0.486. The van der Waals surface area contributed by atoms with Gasteiger partial charge < -0.3 is 0 Å². The minimum atomic E-state index is -0.486. The van der Waals surface area contributed by atoms with Crippen LogP contribution in [0.2, 0.25) is 0 Å². The molecule has 0 aromatic heterocycles. The van der Waals surface area contributed by atoms with Gasteiger partial charge in [0.15, 0.2) is 0 Å². The van der Waals surface area contributed by atoms with Crippen molar-refractivity contribution < 1.29 is 9.59 Å². The molecule has 0 aliphatic rings. The van der Waals surface area contributed by atoms with E-state index in [0.29, 0.717) is 11.1 Å². The maximum absolute atomic E-state index is 10.7. The summed E-state index contributed by atoms with van der Waals surface area (Å²) in [5.41, 5.74) is 0.990. The van der Waals surface area contributed by atoms with Crippen molar-refractivity contribution in [1.29, 1.82) is 5.26 Å². The zero-order valence-corrected chi connectivity index (χ0v) is 10.7. The molecule has 0 saturated carbocycles. The number of carbonyl (C=O) groups excluding carboxylic acids is 2. The van der Waals surface area contributed by atoms with E-state index < -0.39 is 11.0 Å². The second-order valence-electron chi connectivity index (χ2n) is 3.45. The van der Waals surface area contributed by atoms with Gasteiger partial charge in [0.2, 0.25) is 0 Å². The van der Waals surface area contributed by atoms with E-state index in [1.54, 1.807) is 60.7 Å². The van der Waals surface area contributed by atoms with Crippen LogP contribution in [-0.4, -0.2) is 11.0 Å². The smallest absolute Gasteiger partial charge is 0.262 e. The summed E-state index contributed by atoms with van der Waals surface area (Å²) in [6.07, 6.45) is 0. The number of ketones is 1. The second-order valence-corrected chi connectivity index (χ2v) is 3.79. The number of benzene rings is 2. The zero-order valence-electron chi connectivity index (χ0n) is 9.92. The molecule has 0 saturated heterocycles. The molecule has 2 aromatic rings. The molecule has 3 nitrogen and oxygen atoms in total. The van der Waals surface area contributed by atoms with Crippen LogP contribution in [0.4, 0.5) is 0 Å². The number of Topliss-reactive ketones (excluding diaryl/α,β-unsaturated/α-hetero) is 1. The Labute approximate surface area is 116 Å². The first-order valence-electron chi connectivity index (χ1n) is 5.39. The van der Waals surface area contributed by atoms with Gasteiger partial charge >= 0.3 is 0 Å². The van der Waals surface area contributed by atoms with Crippen LogP contribution in [-0.2, 0) is 0 Å². The predicted octanol–water partition coefficient (Wildman–Crippen LogP) is 3.46. The first-order valence-corrected chi connectivity index (χ1v) is 5.77. The Hall–Kier alpha value is -2.44. The number of rotatable bonds is 2. The third-order valence-corrected chi connectivity index (χ3v) is 2.36. The summed E-state index contributed by atoms with van der Waals surface area (Å²) in [4.78, 5) is 21.1. The normalized spacial score (nSPS) is 8.63. The van der Waals surface area contributed by atoms with Crippen LogP contribution in [0.1, 0.15) is 20.7 Å². The molecule has 0 amide bonds. The number of nitriles is 1. The largest absolute Gasteiger partial charge is 0.277 e. The number of halogens is 1. The summed E-state index contributed by atoms with van der Waals surface area (Å²) in [7, 11) is 0. The predicted molar refractivity (Wildman–Crippen MR) is 73.0 cm³/mol. The van der Waals surface area contributed by atoms with E-state index in [1.807, 2.05) is 6.07 Å². The molecule has 2 rings (SSSR count). The topological polar surface area (TPSA) is 57.9 Å². The maximum atomic E-state index is 10.7. The Bertz CT molecular complexity index is 589. The molecule has 0 unspecified atom stereocenters. The standard InChI is InChI=1S/C8H5NO.C7H5ClO/c9-6-8(10)7-4-2-1-3-5-7;8-7(9)6-4-2-1-3-5-6/h1-5H;1-5H. The lowest BCUT2D eigenvalue weighted by atomic mass is 10.1. The molecular formula is C15H10ClNO2. The van der Waals surface area contributed by atoms with E-state index in [4.69, 9.17) is 16.9 Å². The fourth-order valence-corrected chi connectivity index (χ4v) is 1.35. The van der Waals surface area contributed by atoms with E-state index in [9.17, 15) is 9.59 Å². The average molecular weight is 272 g/mol. The summed E-state index contributed by atoms with van der Waals surface area (Å²) < 4.78 is 0. The van der Waals surface area contributed by atoms with Gasteiger partial charge in [-0.25, -0.2) is 0 Å². The molecule has 0 bridgehead atoms. The summed E-state index contributed by atoms with van der Waals surface area (Å²) in [6, 6.07) is 18.8. The lowest BCUT2D eigenvalue weighted by molar-refractivity contribution is 0.105. The van der Waals surface area contributed by atoms with Crippen LogP contribution in [0.5, 0.6) is 0 Å². The average Bonchev–Trinajstić information content (AvgIpc) is 2.49. The van der Waals surface area contributed by atoms with Gasteiger partial charge in [-0.2, -0.15) is 5.26 Å². The van der Waals surface area contributed by atoms with Gasteiger partial charge in [0, 0.05) is 11.1 Å². The van der Waals surface area contributed by atoms with Crippen molar-refractivity contribution in [1.82, 2.24) is 0 Å². The van der Waals surface area contributed by atoms with Crippen molar-refractivity contribution in [2.75, 3.05) is 0 Å². The minimum Gasteiger partial charge on any atom is -0.277 e. The lowest BCUT2D eigenvalue weighted by Gasteiger charge is -1.87. The zero-order chi connectivity index (χ0) is 14.1. The monoisotopic (exact) mass is 271 g/mol. The van der Waals surface area contributed by atoms with E-state index in [-0.39, 0.29) is 0 Å². The molecule has 0 aliphatic carbocycles. The van der Waals surface area contributed by atoms with Gasteiger partial charge in [0.25, 0.3) is 11.0 Å². The molecule has 0 fully saturated rings. The summed E-state index contributed by atoms with van der Waals surface area (Å²) in [5, 5.41) is 7.78. The van der Waals surface area contributed by atoms with Crippen molar-refractivity contribution in [3.8, 4) is 6.07 Å². The van der Waals surface area contributed by atoms with E-state index in [2.05, 4.69) is 0 Å². The molecule has 0 radical (unpaired) electrons. The van der Waals surface area contributed by atoms with Crippen LogP contribution < -0.4 is 0 Å². The first-order chi connectivity index (χ1) is 9.15. The molecule has 0 N–H and O–H groups in total. The number of hydrogen-bond acceptors (Lipinski definition) is 3. The van der Waals surface area contributed by atoms with Gasteiger partial charge in [0.05, 0.1) is 0 Å². The second kappa shape index (κ2) is 7.80. The molecule has 0 atom stereocenters. The fourth-order valence-electron chi connectivity index (χ4n) is 1.22. The molecule has 0 aliphatic heterocycles. The van der Waals surface area contributed by atoms with E-state index in [1.165, 1.54) is 0 Å². The molecule has 2 aromatic carbocycles. The third kappa shape index (κ3) is 5.15. The Balaban J connectivity index is 0.000000191. The van der Waals surface area contributed by atoms with E-state index >= 15 is 0 Å². The highest BCUT2D eigenvalue weighted by Gasteiger charge is 1.99. The molecular weight excluding hydrogens is 262 g/mol. The van der Waals surface area contributed by atoms with Gasteiger partial charge in [0.1, 0.15) is 6.07 Å². The van der Waals surface area contributed by atoms with Crippen LogP contribution >= 0.6 is 11.6 Å². The molecule has 0 heterocycles. The van der Waals surface area contributed by atoms with Crippen molar-refractivity contribution in [3.05, 3.63) is 71.8 Å². The summed E-state index contributed by atoms with van der Waals surface area (Å²) in [6.45, 7) is 0. The number of carbonyl (C=O) groups is 2. The molecule has 94 valence electrons. The van der Waals surface area contributed by atoms with Crippen molar-refractivity contribution >= 4 is 22.6 Å². The van der Waals surface area contributed by atoms with Crippen LogP contribution in [0.25, 0.3) is 0 Å². The van der Waals surface area contributed by atoms with Crippen molar-refractivity contribution in [2.24, 2.45) is 0 Å². The molecule has 0 spiro atoms. The summed E-state index contributed by atoms with van der Waals surface area (Å²) >= 11 is 5.16. The third-order valence-electron chi connectivity index (χ3n) is 2.14.